The Hall–Kier alpha value is -1.47. The molecule has 19 heavy (non-hydrogen) atoms. The molecule has 7 heteroatoms. The lowest BCUT2D eigenvalue weighted by atomic mass is 10.3. The largest absolute Gasteiger partial charge is 0.481 e. The molecule has 1 aliphatic rings. The molecule has 1 aliphatic carbocycles. The van der Waals surface area contributed by atoms with Crippen molar-refractivity contribution in [2.75, 3.05) is 18.4 Å². The lowest BCUT2D eigenvalue weighted by molar-refractivity contribution is -0.137. The monoisotopic (exact) mass is 283 g/mol. The Labute approximate surface area is 115 Å². The van der Waals surface area contributed by atoms with Gasteiger partial charge in [0.05, 0.1) is 18.7 Å². The number of aliphatic carboxylic acids is 1. The summed E-state index contributed by atoms with van der Waals surface area (Å²) in [5, 5.41) is 13.9. The molecule has 1 saturated carbocycles. The highest BCUT2D eigenvalue weighted by atomic mass is 32.1. The molecule has 0 saturated heterocycles. The van der Waals surface area contributed by atoms with Crippen molar-refractivity contribution in [2.45, 2.75) is 32.2 Å². The summed E-state index contributed by atoms with van der Waals surface area (Å²) in [5.41, 5.74) is 0.880. The van der Waals surface area contributed by atoms with Crippen LogP contribution in [-0.2, 0) is 9.59 Å². The number of aryl methyl sites for hydroxylation is 1. The molecule has 104 valence electrons. The predicted octanol–water partition coefficient (Wildman–Crippen LogP) is 1.33. The summed E-state index contributed by atoms with van der Waals surface area (Å²) < 4.78 is 0. The Bertz CT molecular complexity index is 471. The number of anilines is 1. The van der Waals surface area contributed by atoms with Crippen LogP contribution in [0.15, 0.2) is 5.38 Å². The lowest BCUT2D eigenvalue weighted by Gasteiger charge is -2.19. The van der Waals surface area contributed by atoms with Crippen molar-refractivity contribution in [2.24, 2.45) is 0 Å². The fraction of sp³-hybridized carbons (Fsp3) is 0.583. The predicted molar refractivity (Wildman–Crippen MR) is 72.3 cm³/mol. The third-order valence-corrected chi connectivity index (χ3v) is 3.76. The molecule has 2 rings (SSSR count). The van der Waals surface area contributed by atoms with Crippen molar-refractivity contribution in [1.29, 1.82) is 0 Å². The summed E-state index contributed by atoms with van der Waals surface area (Å²) in [6, 6.07) is 0.364. The van der Waals surface area contributed by atoms with Gasteiger partial charge in [-0.1, -0.05) is 0 Å². The van der Waals surface area contributed by atoms with E-state index in [4.69, 9.17) is 5.11 Å². The molecule has 0 aliphatic heterocycles. The second kappa shape index (κ2) is 6.12. The summed E-state index contributed by atoms with van der Waals surface area (Å²) in [6.07, 6.45) is 2.16. The van der Waals surface area contributed by atoms with Gasteiger partial charge in [0.15, 0.2) is 5.13 Å². The van der Waals surface area contributed by atoms with Gasteiger partial charge in [-0.05, 0) is 19.8 Å². The molecule has 2 N–H and O–H groups in total. The average molecular weight is 283 g/mol. The number of amides is 1. The van der Waals surface area contributed by atoms with Crippen LogP contribution in [0, 0.1) is 6.92 Å². The highest BCUT2D eigenvalue weighted by molar-refractivity contribution is 7.13. The smallest absolute Gasteiger partial charge is 0.304 e. The maximum atomic E-state index is 11.9. The zero-order chi connectivity index (χ0) is 13.8. The number of rotatable bonds is 7. The number of nitrogens with one attached hydrogen (secondary N) is 1. The number of thiazole rings is 1. The summed E-state index contributed by atoms with van der Waals surface area (Å²) in [5.74, 6) is -0.965. The normalized spacial score (nSPS) is 14.6. The number of carboxylic acids is 1. The van der Waals surface area contributed by atoms with Gasteiger partial charge in [-0.25, -0.2) is 4.98 Å². The first-order valence-corrected chi connectivity index (χ1v) is 7.10. The van der Waals surface area contributed by atoms with Crippen LogP contribution in [0.4, 0.5) is 5.13 Å². The summed E-state index contributed by atoms with van der Waals surface area (Å²) in [6.45, 7) is 2.52. The molecule has 1 fully saturated rings. The quantitative estimate of drug-likeness (QED) is 0.789. The molecule has 0 unspecified atom stereocenters. The van der Waals surface area contributed by atoms with Crippen LogP contribution in [0.2, 0.25) is 0 Å². The van der Waals surface area contributed by atoms with Gasteiger partial charge in [0.1, 0.15) is 0 Å². The number of carboxylic acid groups (broad SMARTS) is 1. The van der Waals surface area contributed by atoms with Gasteiger partial charge in [0, 0.05) is 18.0 Å². The Morgan fingerprint density at radius 2 is 2.32 bits per heavy atom. The van der Waals surface area contributed by atoms with E-state index >= 15 is 0 Å². The molecule has 1 aromatic heterocycles. The molecular formula is C12H17N3O3S. The molecule has 0 atom stereocenters. The number of carbonyl (C=O) groups is 2. The Morgan fingerprint density at radius 1 is 1.58 bits per heavy atom. The Kier molecular flexibility index (Phi) is 4.49. The number of hydrogen-bond donors (Lipinski definition) is 2. The lowest BCUT2D eigenvalue weighted by Crippen LogP contribution is -2.36. The van der Waals surface area contributed by atoms with Gasteiger partial charge in [0.2, 0.25) is 5.91 Å². The van der Waals surface area contributed by atoms with Crippen molar-refractivity contribution in [3.63, 3.8) is 0 Å². The summed E-state index contributed by atoms with van der Waals surface area (Å²) in [4.78, 5) is 28.6. The zero-order valence-electron chi connectivity index (χ0n) is 10.8. The van der Waals surface area contributed by atoms with E-state index in [1.165, 1.54) is 11.3 Å². The summed E-state index contributed by atoms with van der Waals surface area (Å²) >= 11 is 1.39. The fourth-order valence-corrected chi connectivity index (χ4v) is 2.53. The molecule has 0 bridgehead atoms. The van der Waals surface area contributed by atoms with Crippen LogP contribution in [0.5, 0.6) is 0 Å². The molecule has 0 spiro atoms. The van der Waals surface area contributed by atoms with Crippen LogP contribution in [-0.4, -0.2) is 46.0 Å². The number of carbonyl (C=O) groups excluding carboxylic acids is 1. The maximum absolute atomic E-state index is 11.9. The van der Waals surface area contributed by atoms with Crippen LogP contribution in [0.1, 0.15) is 25.0 Å². The van der Waals surface area contributed by atoms with Crippen LogP contribution in [0.25, 0.3) is 0 Å². The first-order valence-electron chi connectivity index (χ1n) is 6.22. The SMILES string of the molecule is Cc1csc(NC(=O)CN(CCC(=O)O)C2CC2)n1. The minimum Gasteiger partial charge on any atom is -0.481 e. The molecule has 1 amide bonds. The van der Waals surface area contributed by atoms with Gasteiger partial charge >= 0.3 is 5.97 Å². The highest BCUT2D eigenvalue weighted by Gasteiger charge is 2.30. The van der Waals surface area contributed by atoms with Gasteiger partial charge in [-0.3, -0.25) is 14.5 Å². The summed E-state index contributed by atoms with van der Waals surface area (Å²) in [7, 11) is 0. The van der Waals surface area contributed by atoms with E-state index in [2.05, 4.69) is 10.3 Å². The topological polar surface area (TPSA) is 82.5 Å². The van der Waals surface area contributed by atoms with Crippen molar-refractivity contribution in [1.82, 2.24) is 9.88 Å². The minimum atomic E-state index is -0.832. The van der Waals surface area contributed by atoms with Gasteiger partial charge < -0.3 is 10.4 Å². The Morgan fingerprint density at radius 3 is 2.84 bits per heavy atom. The van der Waals surface area contributed by atoms with E-state index in [1.807, 2.05) is 17.2 Å². The number of aromatic nitrogens is 1. The van der Waals surface area contributed by atoms with Crippen LogP contribution in [0.3, 0.4) is 0 Å². The second-order valence-corrected chi connectivity index (χ2v) is 5.55. The zero-order valence-corrected chi connectivity index (χ0v) is 11.6. The fourth-order valence-electron chi connectivity index (χ4n) is 1.82. The molecule has 1 aromatic rings. The number of hydrogen-bond acceptors (Lipinski definition) is 5. The van der Waals surface area contributed by atoms with E-state index in [-0.39, 0.29) is 18.9 Å². The standard InChI is InChI=1S/C12H17N3O3S/c1-8-7-19-12(13-8)14-10(16)6-15(9-2-3-9)5-4-11(17)18/h7,9H,2-6H2,1H3,(H,17,18)(H,13,14,16). The van der Waals surface area contributed by atoms with Crippen molar-refractivity contribution in [3.05, 3.63) is 11.1 Å². The first-order chi connectivity index (χ1) is 9.04. The van der Waals surface area contributed by atoms with E-state index in [1.54, 1.807) is 0 Å². The van der Waals surface area contributed by atoms with Crippen molar-refractivity contribution >= 4 is 28.3 Å². The first kappa shape index (κ1) is 14.0. The molecule has 6 nitrogen and oxygen atoms in total. The Balaban J connectivity index is 1.82. The van der Waals surface area contributed by atoms with Gasteiger partial charge in [0.25, 0.3) is 0 Å². The third kappa shape index (κ3) is 4.60. The van der Waals surface area contributed by atoms with E-state index in [0.717, 1.165) is 18.5 Å². The van der Waals surface area contributed by atoms with E-state index in [0.29, 0.717) is 17.7 Å². The molecule has 0 radical (unpaired) electrons. The number of nitrogens with zero attached hydrogens (tertiary/aromatic N) is 2. The van der Waals surface area contributed by atoms with Crippen LogP contribution < -0.4 is 5.32 Å². The van der Waals surface area contributed by atoms with E-state index in [9.17, 15) is 9.59 Å². The minimum absolute atomic E-state index is 0.0696. The van der Waals surface area contributed by atoms with E-state index < -0.39 is 5.97 Å². The third-order valence-electron chi connectivity index (χ3n) is 2.89. The molecule has 1 heterocycles. The highest BCUT2D eigenvalue weighted by Crippen LogP contribution is 2.26. The van der Waals surface area contributed by atoms with Gasteiger partial charge in [-0.2, -0.15) is 0 Å². The van der Waals surface area contributed by atoms with Gasteiger partial charge in [-0.15, -0.1) is 11.3 Å². The maximum Gasteiger partial charge on any atom is 0.304 e. The van der Waals surface area contributed by atoms with Crippen molar-refractivity contribution < 1.29 is 14.7 Å². The van der Waals surface area contributed by atoms with Crippen molar-refractivity contribution in [3.8, 4) is 0 Å². The average Bonchev–Trinajstić information content (AvgIpc) is 3.09. The molecule has 0 aromatic carbocycles. The second-order valence-electron chi connectivity index (χ2n) is 4.69. The molecular weight excluding hydrogens is 266 g/mol. The van der Waals surface area contributed by atoms with Crippen LogP contribution >= 0.6 is 11.3 Å².